The van der Waals surface area contributed by atoms with Crippen LogP contribution in [0.15, 0.2) is 24.8 Å². The van der Waals surface area contributed by atoms with Gasteiger partial charge in [0, 0.05) is 11.6 Å². The van der Waals surface area contributed by atoms with E-state index in [4.69, 9.17) is 4.74 Å². The van der Waals surface area contributed by atoms with Crippen LogP contribution in [0.3, 0.4) is 0 Å². The van der Waals surface area contributed by atoms with E-state index in [0.717, 1.165) is 43.6 Å². The highest BCUT2D eigenvalue weighted by atomic mass is 16.6. The first-order valence-corrected chi connectivity index (χ1v) is 9.03. The summed E-state index contributed by atoms with van der Waals surface area (Å²) in [6.07, 6.45) is 6.75. The van der Waals surface area contributed by atoms with Crippen molar-refractivity contribution in [1.29, 1.82) is 0 Å². The first kappa shape index (κ1) is 17.9. The molecule has 0 N–H and O–H groups in total. The van der Waals surface area contributed by atoms with Crippen LogP contribution in [0.25, 0.3) is 0 Å². The Morgan fingerprint density at radius 3 is 2.16 bits per heavy atom. The number of rotatable bonds is 7. The third kappa shape index (κ3) is 3.55. The van der Waals surface area contributed by atoms with Crippen LogP contribution >= 0.6 is 0 Å². The van der Waals surface area contributed by atoms with Gasteiger partial charge in [0.1, 0.15) is 5.60 Å². The number of hydrogen-bond acceptors (Lipinski definition) is 5. The molecule has 4 fully saturated rings. The molecule has 4 aliphatic rings. The van der Waals surface area contributed by atoms with Crippen molar-refractivity contribution in [1.82, 2.24) is 0 Å². The second-order valence-electron chi connectivity index (χ2n) is 7.98. The quantitative estimate of drug-likeness (QED) is 0.523. The van der Waals surface area contributed by atoms with Crippen molar-refractivity contribution in [2.45, 2.75) is 51.0 Å². The van der Waals surface area contributed by atoms with Crippen molar-refractivity contribution in [3.8, 4) is 0 Å². The van der Waals surface area contributed by atoms with Gasteiger partial charge in [0.15, 0.2) is 12.4 Å². The predicted octanol–water partition coefficient (Wildman–Crippen LogP) is 2.99. The minimum absolute atomic E-state index is 0.106. The summed E-state index contributed by atoms with van der Waals surface area (Å²) in [5.74, 6) is 0.904. The normalized spacial score (nSPS) is 35.1. The Labute approximate surface area is 148 Å². The molecule has 0 aromatic rings. The van der Waals surface area contributed by atoms with E-state index >= 15 is 0 Å². The Morgan fingerprint density at radius 1 is 1.08 bits per heavy atom. The molecule has 0 unspecified atom stereocenters. The Morgan fingerprint density at radius 2 is 1.64 bits per heavy atom. The molecule has 4 saturated carbocycles. The van der Waals surface area contributed by atoms with Crippen molar-refractivity contribution < 1.29 is 23.9 Å². The zero-order valence-electron chi connectivity index (χ0n) is 14.8. The van der Waals surface area contributed by atoms with Crippen molar-refractivity contribution in [2.24, 2.45) is 23.7 Å². The average molecular weight is 346 g/mol. The molecular formula is C20H26O5. The fourth-order valence-corrected chi connectivity index (χ4v) is 5.14. The van der Waals surface area contributed by atoms with E-state index < -0.39 is 29.9 Å². The maximum absolute atomic E-state index is 12.4. The minimum Gasteiger partial charge on any atom is -0.459 e. The highest BCUT2D eigenvalue weighted by Gasteiger charge is 2.57. The van der Waals surface area contributed by atoms with E-state index in [9.17, 15) is 14.4 Å². The molecule has 25 heavy (non-hydrogen) atoms. The molecule has 4 rings (SSSR count). The molecule has 0 aromatic heterocycles. The molecule has 4 bridgehead atoms. The third-order valence-electron chi connectivity index (χ3n) is 6.36. The number of ether oxygens (including phenoxy) is 2. The van der Waals surface area contributed by atoms with Gasteiger partial charge in [-0.3, -0.25) is 9.59 Å². The standard InChI is InChI=1S/C20H26O5/c1-4-18(22)24-11-17(21)12(2)5-19(23)25-20(3)15-7-13-6-14(9-15)10-16(20)8-13/h4,13-16H,1-2,5-11H2,3H3. The number of carbonyl (C=O) groups is 3. The fourth-order valence-electron chi connectivity index (χ4n) is 5.14. The summed E-state index contributed by atoms with van der Waals surface area (Å²) < 4.78 is 10.6. The molecule has 0 saturated heterocycles. The number of ketones is 1. The van der Waals surface area contributed by atoms with E-state index in [1.165, 1.54) is 6.42 Å². The van der Waals surface area contributed by atoms with Gasteiger partial charge in [0.25, 0.3) is 0 Å². The van der Waals surface area contributed by atoms with Crippen LogP contribution in [0.5, 0.6) is 0 Å². The Hall–Kier alpha value is -1.91. The van der Waals surface area contributed by atoms with E-state index in [1.807, 2.05) is 0 Å². The average Bonchev–Trinajstić information content (AvgIpc) is 2.56. The zero-order chi connectivity index (χ0) is 18.2. The van der Waals surface area contributed by atoms with E-state index in [1.54, 1.807) is 0 Å². The molecule has 0 heterocycles. The van der Waals surface area contributed by atoms with Crippen molar-refractivity contribution in [2.75, 3.05) is 6.61 Å². The molecule has 5 heteroatoms. The number of hydrogen-bond donors (Lipinski definition) is 0. The lowest BCUT2D eigenvalue weighted by atomic mass is 9.50. The molecule has 0 spiro atoms. The zero-order valence-corrected chi connectivity index (χ0v) is 14.8. The maximum Gasteiger partial charge on any atom is 0.330 e. The van der Waals surface area contributed by atoms with Gasteiger partial charge in [0.05, 0.1) is 6.42 Å². The Bertz CT molecular complexity index is 590. The Balaban J connectivity index is 1.54. The second-order valence-corrected chi connectivity index (χ2v) is 7.98. The first-order valence-electron chi connectivity index (χ1n) is 9.03. The van der Waals surface area contributed by atoms with Gasteiger partial charge in [0.2, 0.25) is 0 Å². The summed E-state index contributed by atoms with van der Waals surface area (Å²) >= 11 is 0. The van der Waals surface area contributed by atoms with Crippen LogP contribution in [0, 0.1) is 23.7 Å². The predicted molar refractivity (Wildman–Crippen MR) is 91.5 cm³/mol. The fraction of sp³-hybridized carbons (Fsp3) is 0.650. The summed E-state index contributed by atoms with van der Waals surface area (Å²) in [6, 6.07) is 0. The smallest absolute Gasteiger partial charge is 0.330 e. The van der Waals surface area contributed by atoms with Crippen LogP contribution in [-0.2, 0) is 23.9 Å². The molecule has 0 atom stereocenters. The van der Waals surface area contributed by atoms with Crippen LogP contribution in [0.1, 0.15) is 45.4 Å². The number of Topliss-reactive ketones (excluding diaryl/α,β-unsaturated/α-hetero) is 1. The number of esters is 2. The van der Waals surface area contributed by atoms with Crippen molar-refractivity contribution >= 4 is 17.7 Å². The summed E-state index contributed by atoms with van der Waals surface area (Å²) in [5, 5.41) is 0. The Kier molecular flexibility index (Phi) is 4.85. The van der Waals surface area contributed by atoms with Crippen LogP contribution < -0.4 is 0 Å². The van der Waals surface area contributed by atoms with Gasteiger partial charge in [-0.05, 0) is 62.7 Å². The highest BCUT2D eigenvalue weighted by molar-refractivity contribution is 6.00. The lowest BCUT2D eigenvalue weighted by Crippen LogP contribution is -2.58. The molecule has 5 nitrogen and oxygen atoms in total. The minimum atomic E-state index is -0.676. The molecule has 136 valence electrons. The van der Waals surface area contributed by atoms with Crippen molar-refractivity contribution in [3.05, 3.63) is 24.8 Å². The molecule has 0 aliphatic heterocycles. The molecule has 0 aromatic carbocycles. The van der Waals surface area contributed by atoms with Crippen LogP contribution in [0.4, 0.5) is 0 Å². The van der Waals surface area contributed by atoms with Crippen LogP contribution in [0.2, 0.25) is 0 Å². The molecule has 0 radical (unpaired) electrons. The summed E-state index contributed by atoms with van der Waals surface area (Å²) in [7, 11) is 0. The monoisotopic (exact) mass is 346 g/mol. The molecule has 4 aliphatic carbocycles. The largest absolute Gasteiger partial charge is 0.459 e. The summed E-state index contributed by atoms with van der Waals surface area (Å²) in [5.41, 5.74) is -0.308. The lowest BCUT2D eigenvalue weighted by molar-refractivity contribution is -0.202. The maximum atomic E-state index is 12.4. The van der Waals surface area contributed by atoms with E-state index in [2.05, 4.69) is 24.8 Å². The van der Waals surface area contributed by atoms with Crippen molar-refractivity contribution in [3.63, 3.8) is 0 Å². The second kappa shape index (κ2) is 6.77. The van der Waals surface area contributed by atoms with Crippen LogP contribution in [-0.4, -0.2) is 29.9 Å². The lowest BCUT2D eigenvalue weighted by Gasteiger charge is -2.59. The van der Waals surface area contributed by atoms with E-state index in [-0.39, 0.29) is 12.0 Å². The van der Waals surface area contributed by atoms with Gasteiger partial charge >= 0.3 is 11.9 Å². The van der Waals surface area contributed by atoms with E-state index in [0.29, 0.717) is 11.8 Å². The topological polar surface area (TPSA) is 69.7 Å². The number of carbonyl (C=O) groups excluding carboxylic acids is 3. The molecular weight excluding hydrogens is 320 g/mol. The summed E-state index contributed by atoms with van der Waals surface area (Å²) in [6.45, 7) is 8.53. The van der Waals surface area contributed by atoms with Gasteiger partial charge in [-0.25, -0.2) is 4.79 Å². The van der Waals surface area contributed by atoms with Gasteiger partial charge in [-0.2, -0.15) is 0 Å². The van der Waals surface area contributed by atoms with Gasteiger partial charge < -0.3 is 9.47 Å². The third-order valence-corrected chi connectivity index (χ3v) is 6.36. The van der Waals surface area contributed by atoms with Gasteiger partial charge in [-0.1, -0.05) is 13.2 Å². The molecule has 0 amide bonds. The first-order chi connectivity index (χ1) is 11.8. The highest BCUT2D eigenvalue weighted by Crippen LogP contribution is 2.59. The summed E-state index contributed by atoms with van der Waals surface area (Å²) in [4.78, 5) is 35.3. The SMILES string of the molecule is C=CC(=O)OCC(=O)C(=C)CC(=O)OC1(C)C2CC3CC(C2)CC1C3. The van der Waals surface area contributed by atoms with Gasteiger partial charge in [-0.15, -0.1) is 0 Å².